The number of rotatable bonds is 6. The van der Waals surface area contributed by atoms with E-state index in [4.69, 9.17) is 6.42 Å². The Hall–Kier alpha value is -1.27. The fourth-order valence-corrected chi connectivity index (χ4v) is 1.31. The zero-order chi connectivity index (χ0) is 10.2. The van der Waals surface area contributed by atoms with Crippen LogP contribution in [-0.2, 0) is 13.0 Å². The normalized spacial score (nSPS) is 10.0. The van der Waals surface area contributed by atoms with Crippen LogP contribution in [0.1, 0.15) is 18.4 Å². The van der Waals surface area contributed by atoms with Crippen LogP contribution < -0.4 is 5.32 Å². The molecule has 1 aromatic heterocycles. The van der Waals surface area contributed by atoms with E-state index in [1.54, 1.807) is 0 Å². The van der Waals surface area contributed by atoms with Crippen LogP contribution in [0.4, 0.5) is 0 Å². The average Bonchev–Trinajstić information content (AvgIpc) is 2.63. The summed E-state index contributed by atoms with van der Waals surface area (Å²) in [5.41, 5.74) is 1.29. The van der Waals surface area contributed by atoms with Crippen LogP contribution in [0.5, 0.6) is 0 Å². The Balaban J connectivity index is 2.32. The molecule has 0 fully saturated rings. The van der Waals surface area contributed by atoms with Gasteiger partial charge in [0.1, 0.15) is 0 Å². The third kappa shape index (κ3) is 3.63. The highest BCUT2D eigenvalue weighted by Gasteiger charge is 1.97. The van der Waals surface area contributed by atoms with Gasteiger partial charge in [-0.3, -0.25) is 4.68 Å². The first kappa shape index (κ1) is 10.8. The van der Waals surface area contributed by atoms with Crippen molar-refractivity contribution in [2.24, 2.45) is 0 Å². The summed E-state index contributed by atoms with van der Waals surface area (Å²) in [6, 6.07) is 0. The molecule has 0 amide bonds. The van der Waals surface area contributed by atoms with Gasteiger partial charge in [0, 0.05) is 12.6 Å². The number of aromatic nitrogens is 2. The lowest BCUT2D eigenvalue weighted by atomic mass is 10.2. The first-order chi connectivity index (χ1) is 6.86. The van der Waals surface area contributed by atoms with Crippen LogP contribution in [0.25, 0.3) is 0 Å². The van der Waals surface area contributed by atoms with E-state index in [-0.39, 0.29) is 0 Å². The number of hydrogen-bond acceptors (Lipinski definition) is 2. The van der Waals surface area contributed by atoms with E-state index in [2.05, 4.69) is 22.5 Å². The van der Waals surface area contributed by atoms with Crippen molar-refractivity contribution in [2.45, 2.75) is 25.8 Å². The second kappa shape index (κ2) is 6.22. The molecule has 76 valence electrons. The minimum absolute atomic E-state index is 0.748. The number of aryl methyl sites for hydroxylation is 2. The Kier molecular flexibility index (Phi) is 4.81. The Morgan fingerprint density at radius 1 is 1.64 bits per heavy atom. The predicted molar refractivity (Wildman–Crippen MR) is 57.9 cm³/mol. The summed E-state index contributed by atoms with van der Waals surface area (Å²) < 4.78 is 1.91. The Bertz CT molecular complexity index is 296. The molecule has 0 saturated heterocycles. The lowest BCUT2D eigenvalue weighted by Crippen LogP contribution is -2.08. The maximum absolute atomic E-state index is 5.18. The highest BCUT2D eigenvalue weighted by Crippen LogP contribution is 2.01. The Morgan fingerprint density at radius 3 is 3.21 bits per heavy atom. The van der Waals surface area contributed by atoms with Gasteiger partial charge in [-0.05, 0) is 32.0 Å². The van der Waals surface area contributed by atoms with E-state index in [9.17, 15) is 0 Å². The molecule has 1 rings (SSSR count). The van der Waals surface area contributed by atoms with E-state index in [0.717, 1.165) is 32.4 Å². The van der Waals surface area contributed by atoms with Crippen molar-refractivity contribution in [2.75, 3.05) is 13.6 Å². The third-order valence-corrected chi connectivity index (χ3v) is 2.06. The summed E-state index contributed by atoms with van der Waals surface area (Å²) >= 11 is 0. The highest BCUT2D eigenvalue weighted by atomic mass is 15.3. The summed E-state index contributed by atoms with van der Waals surface area (Å²) in [5.74, 6) is 2.61. The molecule has 0 saturated carbocycles. The highest BCUT2D eigenvalue weighted by molar-refractivity contribution is 5.04. The first-order valence-corrected chi connectivity index (χ1v) is 4.96. The van der Waals surface area contributed by atoms with Gasteiger partial charge in [-0.15, -0.1) is 12.3 Å². The van der Waals surface area contributed by atoms with Crippen LogP contribution in [0.2, 0.25) is 0 Å². The van der Waals surface area contributed by atoms with Gasteiger partial charge in [-0.1, -0.05) is 0 Å². The third-order valence-electron chi connectivity index (χ3n) is 2.06. The van der Waals surface area contributed by atoms with Crippen molar-refractivity contribution in [3.8, 4) is 12.3 Å². The van der Waals surface area contributed by atoms with Gasteiger partial charge in [-0.25, -0.2) is 0 Å². The molecule has 0 unspecified atom stereocenters. The van der Waals surface area contributed by atoms with Crippen molar-refractivity contribution in [3.05, 3.63) is 18.0 Å². The number of nitrogens with zero attached hydrogens (tertiary/aromatic N) is 2. The SMILES string of the molecule is C#CCCn1cc(CCCNC)cn1. The molecule has 1 heterocycles. The quantitative estimate of drug-likeness (QED) is 0.538. The van der Waals surface area contributed by atoms with Crippen LogP contribution >= 0.6 is 0 Å². The smallest absolute Gasteiger partial charge is 0.0521 e. The lowest BCUT2D eigenvalue weighted by molar-refractivity contribution is 0.629. The van der Waals surface area contributed by atoms with E-state index in [1.165, 1.54) is 5.56 Å². The van der Waals surface area contributed by atoms with Crippen molar-refractivity contribution in [3.63, 3.8) is 0 Å². The molecule has 1 N–H and O–H groups in total. The molecule has 0 aliphatic carbocycles. The summed E-state index contributed by atoms with van der Waals surface area (Å²) in [6.07, 6.45) is 12.2. The lowest BCUT2D eigenvalue weighted by Gasteiger charge is -1.97. The van der Waals surface area contributed by atoms with Crippen LogP contribution in [-0.4, -0.2) is 23.4 Å². The van der Waals surface area contributed by atoms with Crippen LogP contribution in [0, 0.1) is 12.3 Å². The van der Waals surface area contributed by atoms with Gasteiger partial charge in [0.05, 0.1) is 12.7 Å². The maximum atomic E-state index is 5.18. The van der Waals surface area contributed by atoms with Gasteiger partial charge in [0.2, 0.25) is 0 Å². The minimum Gasteiger partial charge on any atom is -0.320 e. The van der Waals surface area contributed by atoms with Crippen LogP contribution in [0.3, 0.4) is 0 Å². The Morgan fingerprint density at radius 2 is 2.50 bits per heavy atom. The van der Waals surface area contributed by atoms with Crippen LogP contribution in [0.15, 0.2) is 12.4 Å². The Labute approximate surface area is 85.5 Å². The predicted octanol–water partition coefficient (Wildman–Crippen LogP) is 1.06. The summed E-state index contributed by atoms with van der Waals surface area (Å²) in [6.45, 7) is 1.87. The van der Waals surface area contributed by atoms with Crippen molar-refractivity contribution < 1.29 is 0 Å². The molecule has 0 aliphatic rings. The molecule has 0 spiro atoms. The van der Waals surface area contributed by atoms with Crippen molar-refractivity contribution in [1.82, 2.24) is 15.1 Å². The van der Waals surface area contributed by atoms with Gasteiger partial charge in [0.15, 0.2) is 0 Å². The molecular weight excluding hydrogens is 174 g/mol. The number of terminal acetylenes is 1. The second-order valence-corrected chi connectivity index (χ2v) is 3.27. The van der Waals surface area contributed by atoms with E-state index in [0.29, 0.717) is 0 Å². The summed E-state index contributed by atoms with van der Waals surface area (Å²) in [5, 5.41) is 7.36. The van der Waals surface area contributed by atoms with Gasteiger partial charge < -0.3 is 5.32 Å². The standard InChI is InChI=1S/C11H17N3/c1-3-4-8-14-10-11(9-13-14)6-5-7-12-2/h1,9-10,12H,4-8H2,2H3. The fraction of sp³-hybridized carbons (Fsp3) is 0.545. The van der Waals surface area contributed by atoms with E-state index >= 15 is 0 Å². The van der Waals surface area contributed by atoms with Crippen molar-refractivity contribution in [1.29, 1.82) is 0 Å². The maximum Gasteiger partial charge on any atom is 0.0521 e. The molecule has 3 heteroatoms. The first-order valence-electron chi connectivity index (χ1n) is 4.96. The summed E-state index contributed by atoms with van der Waals surface area (Å²) in [4.78, 5) is 0. The minimum atomic E-state index is 0.748. The molecule has 0 aromatic carbocycles. The topological polar surface area (TPSA) is 29.9 Å². The number of hydrogen-bond donors (Lipinski definition) is 1. The average molecular weight is 191 g/mol. The van der Waals surface area contributed by atoms with E-state index in [1.807, 2.05) is 17.9 Å². The number of nitrogens with one attached hydrogen (secondary N) is 1. The van der Waals surface area contributed by atoms with Gasteiger partial charge >= 0.3 is 0 Å². The van der Waals surface area contributed by atoms with Gasteiger partial charge in [0.25, 0.3) is 0 Å². The molecule has 14 heavy (non-hydrogen) atoms. The largest absolute Gasteiger partial charge is 0.320 e. The molecule has 0 radical (unpaired) electrons. The monoisotopic (exact) mass is 191 g/mol. The molecule has 1 aromatic rings. The molecular formula is C11H17N3. The molecule has 0 atom stereocenters. The molecule has 0 bridgehead atoms. The van der Waals surface area contributed by atoms with E-state index < -0.39 is 0 Å². The molecule has 0 aliphatic heterocycles. The summed E-state index contributed by atoms with van der Waals surface area (Å²) in [7, 11) is 1.97. The fourth-order valence-electron chi connectivity index (χ4n) is 1.31. The zero-order valence-corrected chi connectivity index (χ0v) is 8.66. The molecule has 3 nitrogen and oxygen atoms in total. The van der Waals surface area contributed by atoms with Gasteiger partial charge in [-0.2, -0.15) is 5.10 Å². The van der Waals surface area contributed by atoms with Crippen molar-refractivity contribution >= 4 is 0 Å². The zero-order valence-electron chi connectivity index (χ0n) is 8.66. The second-order valence-electron chi connectivity index (χ2n) is 3.27.